The summed E-state index contributed by atoms with van der Waals surface area (Å²) in [6, 6.07) is 11.1. The normalized spacial score (nSPS) is 13.5. The summed E-state index contributed by atoms with van der Waals surface area (Å²) in [5, 5.41) is 12.7. The SMILES string of the molecule is CCCC(NCC(C)(C)CCCO)c1ccccc1. The van der Waals surface area contributed by atoms with Gasteiger partial charge in [0.15, 0.2) is 0 Å². The van der Waals surface area contributed by atoms with Gasteiger partial charge in [-0.25, -0.2) is 0 Å². The quantitative estimate of drug-likeness (QED) is 0.708. The van der Waals surface area contributed by atoms with Crippen LogP contribution in [0.1, 0.15) is 58.1 Å². The van der Waals surface area contributed by atoms with E-state index in [1.54, 1.807) is 0 Å². The highest BCUT2D eigenvalue weighted by molar-refractivity contribution is 5.18. The molecule has 0 heterocycles. The average Bonchev–Trinajstić information content (AvgIpc) is 2.42. The average molecular weight is 263 g/mol. The summed E-state index contributed by atoms with van der Waals surface area (Å²) in [6.45, 7) is 8.05. The lowest BCUT2D eigenvalue weighted by atomic mass is 9.87. The topological polar surface area (TPSA) is 32.3 Å². The van der Waals surface area contributed by atoms with Crippen LogP contribution < -0.4 is 5.32 Å². The molecular formula is C17H29NO. The van der Waals surface area contributed by atoms with E-state index in [2.05, 4.69) is 56.4 Å². The molecule has 1 aromatic rings. The lowest BCUT2D eigenvalue weighted by molar-refractivity contribution is 0.230. The minimum Gasteiger partial charge on any atom is -0.396 e. The molecule has 0 saturated heterocycles. The molecule has 1 atom stereocenters. The summed E-state index contributed by atoms with van der Waals surface area (Å²) < 4.78 is 0. The minimum absolute atomic E-state index is 0.240. The maximum Gasteiger partial charge on any atom is 0.0431 e. The van der Waals surface area contributed by atoms with Crippen molar-refractivity contribution < 1.29 is 5.11 Å². The standard InChI is InChI=1S/C17H29NO/c1-4-9-16(15-10-6-5-7-11-15)18-14-17(2,3)12-8-13-19/h5-7,10-11,16,18-19H,4,8-9,12-14H2,1-3H3. The third-order valence-corrected chi connectivity index (χ3v) is 3.62. The Bertz CT molecular complexity index is 334. The first-order valence-electron chi connectivity index (χ1n) is 7.48. The van der Waals surface area contributed by atoms with Crippen molar-refractivity contribution in [2.24, 2.45) is 5.41 Å². The number of hydrogen-bond acceptors (Lipinski definition) is 2. The lowest BCUT2D eigenvalue weighted by Crippen LogP contribution is -2.32. The van der Waals surface area contributed by atoms with Crippen LogP contribution in [-0.2, 0) is 0 Å². The van der Waals surface area contributed by atoms with Crippen molar-refractivity contribution in [2.45, 2.75) is 52.5 Å². The van der Waals surface area contributed by atoms with Crippen LogP contribution in [0.15, 0.2) is 30.3 Å². The number of benzene rings is 1. The fourth-order valence-corrected chi connectivity index (χ4v) is 2.41. The predicted octanol–water partition coefficient (Wildman–Crippen LogP) is 3.92. The summed E-state index contributed by atoms with van der Waals surface area (Å²) in [5.74, 6) is 0. The molecule has 0 radical (unpaired) electrons. The molecular weight excluding hydrogens is 234 g/mol. The van der Waals surface area contributed by atoms with Gasteiger partial charge in [-0.1, -0.05) is 57.5 Å². The Morgan fingerprint density at radius 2 is 1.89 bits per heavy atom. The van der Waals surface area contributed by atoms with Crippen LogP contribution in [0.2, 0.25) is 0 Å². The van der Waals surface area contributed by atoms with Gasteiger partial charge in [-0.3, -0.25) is 0 Å². The number of aliphatic hydroxyl groups is 1. The first-order chi connectivity index (χ1) is 9.09. The third kappa shape index (κ3) is 6.22. The van der Waals surface area contributed by atoms with Crippen molar-refractivity contribution in [3.63, 3.8) is 0 Å². The molecule has 0 bridgehead atoms. The molecule has 0 spiro atoms. The van der Waals surface area contributed by atoms with Crippen molar-refractivity contribution in [1.29, 1.82) is 0 Å². The molecule has 0 amide bonds. The van der Waals surface area contributed by atoms with Crippen LogP contribution in [0, 0.1) is 5.41 Å². The Labute approximate surface area is 118 Å². The second-order valence-electron chi connectivity index (χ2n) is 6.12. The highest BCUT2D eigenvalue weighted by atomic mass is 16.2. The fourth-order valence-electron chi connectivity index (χ4n) is 2.41. The van der Waals surface area contributed by atoms with Crippen molar-refractivity contribution in [3.8, 4) is 0 Å². The molecule has 2 N–H and O–H groups in total. The van der Waals surface area contributed by atoms with E-state index in [9.17, 15) is 0 Å². The molecule has 0 aliphatic heterocycles. The van der Waals surface area contributed by atoms with Crippen LogP contribution in [0.4, 0.5) is 0 Å². The van der Waals surface area contributed by atoms with Crippen molar-refractivity contribution in [3.05, 3.63) is 35.9 Å². The fraction of sp³-hybridized carbons (Fsp3) is 0.647. The van der Waals surface area contributed by atoms with Crippen molar-refractivity contribution in [1.82, 2.24) is 5.32 Å². The van der Waals surface area contributed by atoms with Crippen molar-refractivity contribution >= 4 is 0 Å². The molecule has 0 aromatic heterocycles. The van der Waals surface area contributed by atoms with Crippen molar-refractivity contribution in [2.75, 3.05) is 13.2 Å². The predicted molar refractivity (Wildman–Crippen MR) is 82.2 cm³/mol. The molecule has 108 valence electrons. The first-order valence-corrected chi connectivity index (χ1v) is 7.48. The van der Waals surface area contributed by atoms with Gasteiger partial charge in [0, 0.05) is 19.2 Å². The number of nitrogens with one attached hydrogen (secondary N) is 1. The Balaban J connectivity index is 2.55. The summed E-state index contributed by atoms with van der Waals surface area (Å²) in [6.07, 6.45) is 4.30. The van der Waals surface area contributed by atoms with E-state index in [1.807, 2.05) is 0 Å². The van der Waals surface area contributed by atoms with Crippen LogP contribution in [0.25, 0.3) is 0 Å². The molecule has 2 heteroatoms. The van der Waals surface area contributed by atoms with Gasteiger partial charge in [-0.15, -0.1) is 0 Å². The van der Waals surface area contributed by atoms with Gasteiger partial charge < -0.3 is 10.4 Å². The molecule has 0 aliphatic carbocycles. The molecule has 1 aromatic carbocycles. The molecule has 1 rings (SSSR count). The Morgan fingerprint density at radius 1 is 1.21 bits per heavy atom. The van der Waals surface area contributed by atoms with E-state index in [-0.39, 0.29) is 5.41 Å². The number of aliphatic hydroxyl groups excluding tert-OH is 1. The maximum absolute atomic E-state index is 8.95. The highest BCUT2D eigenvalue weighted by Crippen LogP contribution is 2.24. The molecule has 0 saturated carbocycles. The molecule has 0 aliphatic rings. The first kappa shape index (κ1) is 16.2. The summed E-state index contributed by atoms with van der Waals surface area (Å²) in [5.41, 5.74) is 1.62. The van der Waals surface area contributed by atoms with Gasteiger partial charge in [0.2, 0.25) is 0 Å². The third-order valence-electron chi connectivity index (χ3n) is 3.62. The second-order valence-corrected chi connectivity index (χ2v) is 6.12. The smallest absolute Gasteiger partial charge is 0.0431 e. The van der Waals surface area contributed by atoms with Crippen LogP contribution in [0.5, 0.6) is 0 Å². The summed E-state index contributed by atoms with van der Waals surface area (Å²) in [4.78, 5) is 0. The van der Waals surface area contributed by atoms with Crippen LogP contribution >= 0.6 is 0 Å². The van der Waals surface area contributed by atoms with E-state index >= 15 is 0 Å². The molecule has 2 nitrogen and oxygen atoms in total. The zero-order valence-corrected chi connectivity index (χ0v) is 12.7. The van der Waals surface area contributed by atoms with E-state index < -0.39 is 0 Å². The Kier molecular flexibility index (Phi) is 7.11. The largest absolute Gasteiger partial charge is 0.396 e. The van der Waals surface area contributed by atoms with Gasteiger partial charge in [0.25, 0.3) is 0 Å². The van der Waals surface area contributed by atoms with Gasteiger partial charge in [0.1, 0.15) is 0 Å². The molecule has 0 fully saturated rings. The van der Waals surface area contributed by atoms with E-state index in [0.717, 1.165) is 19.4 Å². The summed E-state index contributed by atoms with van der Waals surface area (Å²) in [7, 11) is 0. The van der Waals surface area contributed by atoms with E-state index in [1.165, 1.54) is 18.4 Å². The molecule has 19 heavy (non-hydrogen) atoms. The van der Waals surface area contributed by atoms with Gasteiger partial charge in [0.05, 0.1) is 0 Å². The van der Waals surface area contributed by atoms with E-state index in [0.29, 0.717) is 12.6 Å². The Hall–Kier alpha value is -0.860. The van der Waals surface area contributed by atoms with Gasteiger partial charge in [-0.05, 0) is 30.2 Å². The number of hydrogen-bond donors (Lipinski definition) is 2. The second kappa shape index (κ2) is 8.34. The minimum atomic E-state index is 0.240. The van der Waals surface area contributed by atoms with Gasteiger partial charge in [-0.2, -0.15) is 0 Å². The lowest BCUT2D eigenvalue weighted by Gasteiger charge is -2.28. The van der Waals surface area contributed by atoms with E-state index in [4.69, 9.17) is 5.11 Å². The number of rotatable bonds is 9. The zero-order valence-electron chi connectivity index (χ0n) is 12.7. The van der Waals surface area contributed by atoms with Crippen LogP contribution in [-0.4, -0.2) is 18.3 Å². The van der Waals surface area contributed by atoms with Crippen LogP contribution in [0.3, 0.4) is 0 Å². The summed E-state index contributed by atoms with van der Waals surface area (Å²) >= 11 is 0. The Morgan fingerprint density at radius 3 is 2.47 bits per heavy atom. The zero-order chi connectivity index (χ0) is 14.1. The molecule has 1 unspecified atom stereocenters. The maximum atomic E-state index is 8.95. The highest BCUT2D eigenvalue weighted by Gasteiger charge is 2.19. The van der Waals surface area contributed by atoms with Gasteiger partial charge >= 0.3 is 0 Å². The monoisotopic (exact) mass is 263 g/mol.